The van der Waals surface area contributed by atoms with Crippen LogP contribution >= 0.6 is 11.3 Å². The summed E-state index contributed by atoms with van der Waals surface area (Å²) in [7, 11) is 0. The van der Waals surface area contributed by atoms with Gasteiger partial charge in [-0.05, 0) is 25.0 Å². The molecule has 1 aromatic carbocycles. The van der Waals surface area contributed by atoms with Crippen molar-refractivity contribution in [3.05, 3.63) is 29.3 Å². The SMILES string of the molecule is CC(=O)N[C@@H]1CC[C@H](C(=O)O)CN(C(=O)CCc2nc3ccccc3s2)C1. The van der Waals surface area contributed by atoms with Crippen molar-refractivity contribution in [3.63, 3.8) is 0 Å². The van der Waals surface area contributed by atoms with E-state index in [1.165, 1.54) is 6.92 Å². The molecule has 27 heavy (non-hydrogen) atoms. The van der Waals surface area contributed by atoms with Gasteiger partial charge in [0.05, 0.1) is 21.1 Å². The second-order valence-electron chi connectivity index (χ2n) is 6.88. The minimum absolute atomic E-state index is 0.0993. The number of hydrogen-bond acceptors (Lipinski definition) is 5. The number of likely N-dealkylation sites (tertiary alicyclic amines) is 1. The van der Waals surface area contributed by atoms with Crippen LogP contribution in [0.4, 0.5) is 0 Å². The Balaban J connectivity index is 1.65. The van der Waals surface area contributed by atoms with Crippen molar-refractivity contribution < 1.29 is 19.5 Å². The van der Waals surface area contributed by atoms with Crippen molar-refractivity contribution in [2.24, 2.45) is 5.92 Å². The highest BCUT2D eigenvalue weighted by atomic mass is 32.1. The van der Waals surface area contributed by atoms with E-state index < -0.39 is 11.9 Å². The first-order chi connectivity index (χ1) is 12.9. The number of rotatable bonds is 5. The van der Waals surface area contributed by atoms with Gasteiger partial charge in [0.1, 0.15) is 0 Å². The Morgan fingerprint density at radius 3 is 2.74 bits per heavy atom. The van der Waals surface area contributed by atoms with Crippen LogP contribution in [-0.4, -0.2) is 51.9 Å². The fourth-order valence-electron chi connectivity index (χ4n) is 3.40. The summed E-state index contributed by atoms with van der Waals surface area (Å²) in [6, 6.07) is 7.63. The van der Waals surface area contributed by atoms with Crippen LogP contribution in [0.15, 0.2) is 24.3 Å². The first kappa shape index (κ1) is 19.3. The molecule has 7 nitrogen and oxygen atoms in total. The van der Waals surface area contributed by atoms with E-state index in [2.05, 4.69) is 10.3 Å². The zero-order valence-electron chi connectivity index (χ0n) is 15.2. The highest BCUT2D eigenvalue weighted by Crippen LogP contribution is 2.23. The normalized spacial score (nSPS) is 20.3. The molecule has 0 bridgehead atoms. The lowest BCUT2D eigenvalue weighted by Gasteiger charge is -2.25. The summed E-state index contributed by atoms with van der Waals surface area (Å²) >= 11 is 1.57. The van der Waals surface area contributed by atoms with Crippen LogP contribution in [0.1, 0.15) is 31.2 Å². The molecule has 0 aliphatic carbocycles. The van der Waals surface area contributed by atoms with Crippen molar-refractivity contribution in [1.29, 1.82) is 0 Å². The Bertz CT molecular complexity index is 817. The number of amides is 2. The Labute approximate surface area is 161 Å². The van der Waals surface area contributed by atoms with E-state index in [4.69, 9.17) is 0 Å². The molecule has 2 N–H and O–H groups in total. The van der Waals surface area contributed by atoms with E-state index in [1.807, 2.05) is 24.3 Å². The second-order valence-corrected chi connectivity index (χ2v) is 8.00. The average Bonchev–Trinajstić information content (AvgIpc) is 2.92. The number of nitrogens with one attached hydrogen (secondary N) is 1. The zero-order chi connectivity index (χ0) is 19.4. The molecular formula is C19H23N3O4S. The van der Waals surface area contributed by atoms with Gasteiger partial charge in [-0.25, -0.2) is 4.98 Å². The van der Waals surface area contributed by atoms with Crippen molar-refractivity contribution in [1.82, 2.24) is 15.2 Å². The van der Waals surface area contributed by atoms with Gasteiger partial charge in [-0.2, -0.15) is 0 Å². The Kier molecular flexibility index (Phi) is 6.05. The zero-order valence-corrected chi connectivity index (χ0v) is 16.0. The summed E-state index contributed by atoms with van der Waals surface area (Å²) < 4.78 is 1.09. The number of para-hydroxylation sites is 1. The molecule has 1 saturated heterocycles. The van der Waals surface area contributed by atoms with E-state index in [1.54, 1.807) is 16.2 Å². The smallest absolute Gasteiger partial charge is 0.308 e. The summed E-state index contributed by atoms with van der Waals surface area (Å²) in [5.41, 5.74) is 0.927. The minimum Gasteiger partial charge on any atom is -0.481 e. The van der Waals surface area contributed by atoms with E-state index in [0.717, 1.165) is 15.2 Å². The lowest BCUT2D eigenvalue weighted by molar-refractivity contribution is -0.143. The van der Waals surface area contributed by atoms with Crippen LogP contribution < -0.4 is 5.32 Å². The third-order valence-electron chi connectivity index (χ3n) is 4.75. The number of carboxylic acid groups (broad SMARTS) is 1. The second kappa shape index (κ2) is 8.47. The number of hydrogen-bond donors (Lipinski definition) is 2. The number of aromatic nitrogens is 1. The van der Waals surface area contributed by atoms with E-state index in [0.29, 0.717) is 25.8 Å². The third-order valence-corrected chi connectivity index (χ3v) is 5.84. The highest BCUT2D eigenvalue weighted by Gasteiger charge is 2.30. The summed E-state index contributed by atoms with van der Waals surface area (Å²) in [6.45, 7) is 1.96. The van der Waals surface area contributed by atoms with Crippen LogP contribution in [0.25, 0.3) is 10.2 Å². The summed E-state index contributed by atoms with van der Waals surface area (Å²) in [6.07, 6.45) is 1.80. The van der Waals surface area contributed by atoms with Gasteiger partial charge in [0.25, 0.3) is 0 Å². The molecule has 1 aliphatic rings. The van der Waals surface area contributed by atoms with Gasteiger partial charge in [-0.3, -0.25) is 14.4 Å². The maximum Gasteiger partial charge on any atom is 0.308 e. The van der Waals surface area contributed by atoms with Crippen LogP contribution in [-0.2, 0) is 20.8 Å². The number of benzene rings is 1. The number of thiazole rings is 1. The van der Waals surface area contributed by atoms with Crippen LogP contribution in [0, 0.1) is 5.92 Å². The Hall–Kier alpha value is -2.48. The fourth-order valence-corrected chi connectivity index (χ4v) is 4.37. The predicted octanol–water partition coefficient (Wildman–Crippen LogP) is 2.06. The first-order valence-corrected chi connectivity index (χ1v) is 9.86. The molecule has 144 valence electrons. The standard InChI is InChI=1S/C19H23N3O4S/c1-12(23)20-14-7-6-13(19(25)26)10-22(11-14)18(24)9-8-17-21-15-4-2-3-5-16(15)27-17/h2-5,13-14H,6-11H2,1H3,(H,20,23)(H,25,26)/t13-,14+/m0/s1. The minimum atomic E-state index is -0.901. The van der Waals surface area contributed by atoms with Gasteiger partial charge in [0.2, 0.25) is 11.8 Å². The monoisotopic (exact) mass is 389 g/mol. The molecule has 2 atom stereocenters. The molecule has 8 heteroatoms. The van der Waals surface area contributed by atoms with Crippen LogP contribution in [0.3, 0.4) is 0 Å². The lowest BCUT2D eigenvalue weighted by atomic mass is 10.0. The van der Waals surface area contributed by atoms with Gasteiger partial charge >= 0.3 is 5.97 Å². The number of fused-ring (bicyclic) bond motifs is 1. The van der Waals surface area contributed by atoms with E-state index in [-0.39, 0.29) is 30.8 Å². The van der Waals surface area contributed by atoms with Gasteiger partial charge in [-0.15, -0.1) is 11.3 Å². The van der Waals surface area contributed by atoms with E-state index in [9.17, 15) is 19.5 Å². The number of carboxylic acids is 1. The number of carbonyl (C=O) groups is 3. The fraction of sp³-hybridized carbons (Fsp3) is 0.474. The largest absolute Gasteiger partial charge is 0.481 e. The van der Waals surface area contributed by atoms with Crippen molar-refractivity contribution in [2.75, 3.05) is 13.1 Å². The quantitative estimate of drug-likeness (QED) is 0.815. The average molecular weight is 389 g/mol. The Morgan fingerprint density at radius 2 is 2.04 bits per heavy atom. The number of nitrogens with zero attached hydrogens (tertiary/aromatic N) is 2. The highest BCUT2D eigenvalue weighted by molar-refractivity contribution is 7.18. The van der Waals surface area contributed by atoms with Gasteiger partial charge in [0, 0.05) is 38.9 Å². The molecule has 0 radical (unpaired) electrons. The summed E-state index contributed by atoms with van der Waals surface area (Å²) in [5, 5.41) is 13.1. The van der Waals surface area contributed by atoms with Gasteiger partial charge < -0.3 is 15.3 Å². The molecule has 1 aromatic heterocycles. The predicted molar refractivity (Wildman–Crippen MR) is 102 cm³/mol. The van der Waals surface area contributed by atoms with Crippen molar-refractivity contribution in [2.45, 2.75) is 38.6 Å². The maximum absolute atomic E-state index is 12.7. The first-order valence-electron chi connectivity index (χ1n) is 9.04. The van der Waals surface area contributed by atoms with E-state index >= 15 is 0 Å². The molecule has 2 amide bonds. The molecular weight excluding hydrogens is 366 g/mol. The molecule has 3 rings (SSSR count). The van der Waals surface area contributed by atoms with Crippen LogP contribution in [0.2, 0.25) is 0 Å². The molecule has 0 saturated carbocycles. The van der Waals surface area contributed by atoms with Crippen molar-refractivity contribution >= 4 is 39.3 Å². The third kappa shape index (κ3) is 5.03. The topological polar surface area (TPSA) is 99.6 Å². The Morgan fingerprint density at radius 1 is 1.26 bits per heavy atom. The molecule has 2 heterocycles. The van der Waals surface area contributed by atoms with Crippen LogP contribution in [0.5, 0.6) is 0 Å². The molecule has 1 fully saturated rings. The molecule has 2 aromatic rings. The lowest BCUT2D eigenvalue weighted by Crippen LogP contribution is -2.44. The van der Waals surface area contributed by atoms with Gasteiger partial charge in [0.15, 0.2) is 0 Å². The van der Waals surface area contributed by atoms with Gasteiger partial charge in [-0.1, -0.05) is 12.1 Å². The number of aliphatic carboxylic acids is 1. The molecule has 0 unspecified atom stereocenters. The molecule has 1 aliphatic heterocycles. The number of carbonyl (C=O) groups excluding carboxylic acids is 2. The maximum atomic E-state index is 12.7. The molecule has 0 spiro atoms. The summed E-state index contributed by atoms with van der Waals surface area (Å²) in [4.78, 5) is 41.7. The summed E-state index contributed by atoms with van der Waals surface area (Å²) in [5.74, 6) is -1.77. The van der Waals surface area contributed by atoms with Crippen molar-refractivity contribution in [3.8, 4) is 0 Å². The number of aryl methyl sites for hydroxylation is 1.